The van der Waals surface area contributed by atoms with Gasteiger partial charge in [0.05, 0.1) is 30.3 Å². The number of halogens is 2. The first-order chi connectivity index (χ1) is 17.4. The smallest absolute Gasteiger partial charge is 0.303 e. The first-order valence-corrected chi connectivity index (χ1v) is 13.1. The van der Waals surface area contributed by atoms with Crippen molar-refractivity contribution in [1.82, 2.24) is 14.9 Å². The Morgan fingerprint density at radius 3 is 2.75 bits per heavy atom. The van der Waals surface area contributed by atoms with Crippen LogP contribution in [0.25, 0.3) is 10.9 Å². The quantitative estimate of drug-likeness (QED) is 0.318. The minimum Gasteiger partial charge on any atom is -0.497 e. The summed E-state index contributed by atoms with van der Waals surface area (Å²) in [5.74, 6) is -0.183. The Labute approximate surface area is 214 Å². The van der Waals surface area contributed by atoms with Gasteiger partial charge in [0.1, 0.15) is 17.7 Å². The maximum absolute atomic E-state index is 15.6. The number of ether oxygens (including phenoxy) is 1. The molecule has 0 bridgehead atoms. The predicted octanol–water partition coefficient (Wildman–Crippen LogP) is 5.92. The van der Waals surface area contributed by atoms with Gasteiger partial charge in [0.15, 0.2) is 0 Å². The van der Waals surface area contributed by atoms with Crippen molar-refractivity contribution in [2.75, 3.05) is 32.5 Å². The molecular formula is C27H31F2N3O3S. The van der Waals surface area contributed by atoms with Crippen molar-refractivity contribution in [3.05, 3.63) is 60.2 Å². The van der Waals surface area contributed by atoms with Crippen LogP contribution >= 0.6 is 11.8 Å². The van der Waals surface area contributed by atoms with Gasteiger partial charge < -0.3 is 14.7 Å². The first kappa shape index (κ1) is 26.3. The van der Waals surface area contributed by atoms with Crippen molar-refractivity contribution >= 4 is 28.6 Å². The van der Waals surface area contributed by atoms with E-state index in [1.165, 1.54) is 7.11 Å². The zero-order valence-corrected chi connectivity index (χ0v) is 21.1. The third-order valence-electron chi connectivity index (χ3n) is 7.05. The number of methoxy groups -OCH3 is 1. The number of benzene rings is 1. The number of pyridine rings is 2. The van der Waals surface area contributed by atoms with Crippen LogP contribution in [0, 0.1) is 11.2 Å². The summed E-state index contributed by atoms with van der Waals surface area (Å²) in [5.41, 5.74) is -0.0435. The molecule has 1 atom stereocenters. The molecular weight excluding hydrogens is 484 g/mol. The molecule has 192 valence electrons. The van der Waals surface area contributed by atoms with E-state index in [1.54, 1.807) is 36.2 Å². The molecule has 0 radical (unpaired) electrons. The summed E-state index contributed by atoms with van der Waals surface area (Å²) in [6.07, 6.45) is 3.02. The van der Waals surface area contributed by atoms with Gasteiger partial charge in [-0.2, -0.15) is 0 Å². The van der Waals surface area contributed by atoms with Crippen molar-refractivity contribution in [3.8, 4) is 5.75 Å². The highest BCUT2D eigenvalue weighted by Crippen LogP contribution is 2.43. The van der Waals surface area contributed by atoms with Crippen molar-refractivity contribution in [2.45, 2.75) is 43.3 Å². The van der Waals surface area contributed by atoms with Gasteiger partial charge in [-0.15, -0.1) is 11.8 Å². The SMILES string of the molecule is COc1ccc2ncc(F)c([C@H](F)CCC3(CC(=O)O)CCN(CCSc4ccccn4)CC3)c2c1. The third kappa shape index (κ3) is 6.50. The largest absolute Gasteiger partial charge is 0.497 e. The van der Waals surface area contributed by atoms with Gasteiger partial charge in [-0.3, -0.25) is 9.78 Å². The van der Waals surface area contributed by atoms with E-state index in [9.17, 15) is 14.3 Å². The summed E-state index contributed by atoms with van der Waals surface area (Å²) < 4.78 is 35.5. The van der Waals surface area contributed by atoms with Crippen molar-refractivity contribution in [3.63, 3.8) is 0 Å². The Balaban J connectivity index is 1.39. The van der Waals surface area contributed by atoms with E-state index in [0.717, 1.165) is 36.6 Å². The van der Waals surface area contributed by atoms with Crippen LogP contribution in [0.4, 0.5) is 8.78 Å². The van der Waals surface area contributed by atoms with E-state index in [-0.39, 0.29) is 18.4 Å². The average molecular weight is 516 g/mol. The molecule has 1 N–H and O–H groups in total. The topological polar surface area (TPSA) is 75.6 Å². The summed E-state index contributed by atoms with van der Waals surface area (Å²) in [4.78, 5) is 22.4. The highest BCUT2D eigenvalue weighted by molar-refractivity contribution is 7.99. The summed E-state index contributed by atoms with van der Waals surface area (Å²) in [7, 11) is 1.50. The maximum Gasteiger partial charge on any atom is 0.303 e. The molecule has 1 aliphatic rings. The van der Waals surface area contributed by atoms with Gasteiger partial charge >= 0.3 is 5.97 Å². The fraction of sp³-hybridized carbons (Fsp3) is 0.444. The van der Waals surface area contributed by atoms with E-state index in [0.29, 0.717) is 35.9 Å². The predicted molar refractivity (Wildman–Crippen MR) is 137 cm³/mol. The van der Waals surface area contributed by atoms with Gasteiger partial charge in [-0.25, -0.2) is 13.8 Å². The molecule has 0 unspecified atom stereocenters. The molecule has 0 aliphatic carbocycles. The first-order valence-electron chi connectivity index (χ1n) is 12.1. The van der Waals surface area contributed by atoms with Crippen LogP contribution in [0.2, 0.25) is 0 Å². The highest BCUT2D eigenvalue weighted by Gasteiger charge is 2.37. The molecule has 0 saturated carbocycles. The number of carboxylic acids is 1. The number of alkyl halides is 1. The Morgan fingerprint density at radius 2 is 2.06 bits per heavy atom. The van der Waals surface area contributed by atoms with Crippen LogP contribution in [-0.4, -0.2) is 58.4 Å². The summed E-state index contributed by atoms with van der Waals surface area (Å²) in [5, 5.41) is 11.0. The fourth-order valence-corrected chi connectivity index (χ4v) is 5.86. The number of piperidine rings is 1. The van der Waals surface area contributed by atoms with Crippen LogP contribution in [0.5, 0.6) is 5.75 Å². The zero-order valence-electron chi connectivity index (χ0n) is 20.3. The van der Waals surface area contributed by atoms with Gasteiger partial charge in [-0.05, 0) is 74.5 Å². The van der Waals surface area contributed by atoms with E-state index < -0.39 is 23.4 Å². The number of fused-ring (bicyclic) bond motifs is 1. The number of thioether (sulfide) groups is 1. The van der Waals surface area contributed by atoms with E-state index in [4.69, 9.17) is 4.74 Å². The summed E-state index contributed by atoms with van der Waals surface area (Å²) in [6.45, 7) is 2.40. The standard InChI is InChI=1S/C27H31F2N3O3S/c1-35-19-5-6-23-20(16-19)26(22(29)18-31-23)21(28)7-8-27(17-25(33)34)9-12-32(13-10-27)14-15-36-24-4-2-3-11-30-24/h2-6,11,16,18,21H,7-10,12-15,17H2,1H3,(H,33,34)/t21-/m1/s1. The molecule has 6 nitrogen and oxygen atoms in total. The molecule has 1 aromatic carbocycles. The van der Waals surface area contributed by atoms with Crippen LogP contribution < -0.4 is 4.74 Å². The Bertz CT molecular complexity index is 1170. The number of nitrogens with zero attached hydrogens (tertiary/aromatic N) is 3. The van der Waals surface area contributed by atoms with Gasteiger partial charge in [0.25, 0.3) is 0 Å². The molecule has 3 aromatic rings. The molecule has 9 heteroatoms. The lowest BCUT2D eigenvalue weighted by Crippen LogP contribution is -2.42. The number of aliphatic carboxylic acids is 1. The Kier molecular flexibility index (Phi) is 8.74. The minimum atomic E-state index is -1.57. The number of likely N-dealkylation sites (tertiary alicyclic amines) is 1. The van der Waals surface area contributed by atoms with E-state index in [1.807, 2.05) is 18.2 Å². The minimum absolute atomic E-state index is 0.0103. The summed E-state index contributed by atoms with van der Waals surface area (Å²) >= 11 is 1.70. The Morgan fingerprint density at radius 1 is 1.25 bits per heavy atom. The molecule has 36 heavy (non-hydrogen) atoms. The zero-order chi connectivity index (χ0) is 25.5. The number of hydrogen-bond acceptors (Lipinski definition) is 6. The number of hydrogen-bond donors (Lipinski definition) is 1. The maximum atomic E-state index is 15.6. The second-order valence-corrected chi connectivity index (χ2v) is 10.5. The van der Waals surface area contributed by atoms with Crippen LogP contribution in [-0.2, 0) is 4.79 Å². The number of rotatable bonds is 11. The molecule has 4 rings (SSSR count). The van der Waals surface area contributed by atoms with E-state index in [2.05, 4.69) is 14.9 Å². The van der Waals surface area contributed by atoms with Gasteiger partial charge in [0.2, 0.25) is 0 Å². The van der Waals surface area contributed by atoms with Crippen molar-refractivity contribution < 1.29 is 23.4 Å². The lowest BCUT2D eigenvalue weighted by atomic mass is 9.71. The second-order valence-electron chi connectivity index (χ2n) is 9.34. The van der Waals surface area contributed by atoms with Crippen molar-refractivity contribution in [1.29, 1.82) is 0 Å². The molecule has 0 spiro atoms. The molecule has 1 fully saturated rings. The monoisotopic (exact) mass is 515 g/mol. The summed E-state index contributed by atoms with van der Waals surface area (Å²) in [6, 6.07) is 10.8. The van der Waals surface area contributed by atoms with Crippen LogP contribution in [0.1, 0.15) is 43.8 Å². The Hall–Kier alpha value is -2.78. The highest BCUT2D eigenvalue weighted by atomic mass is 32.2. The second kappa shape index (κ2) is 12.0. The molecule has 1 aliphatic heterocycles. The molecule has 0 amide bonds. The molecule has 3 heterocycles. The van der Waals surface area contributed by atoms with Gasteiger partial charge in [-0.1, -0.05) is 6.07 Å². The lowest BCUT2D eigenvalue weighted by Gasteiger charge is -2.41. The lowest BCUT2D eigenvalue weighted by molar-refractivity contribution is -0.141. The van der Waals surface area contributed by atoms with Crippen LogP contribution in [0.3, 0.4) is 0 Å². The number of carbonyl (C=O) groups is 1. The normalized spacial score (nSPS) is 16.6. The van der Waals surface area contributed by atoms with Gasteiger partial charge in [0, 0.05) is 29.4 Å². The van der Waals surface area contributed by atoms with Crippen LogP contribution in [0.15, 0.2) is 53.8 Å². The number of carboxylic acid groups (broad SMARTS) is 1. The molecule has 2 aromatic heterocycles. The third-order valence-corrected chi connectivity index (χ3v) is 7.97. The van der Waals surface area contributed by atoms with E-state index >= 15 is 4.39 Å². The number of aromatic nitrogens is 2. The molecule has 1 saturated heterocycles. The average Bonchev–Trinajstić information content (AvgIpc) is 2.88. The van der Waals surface area contributed by atoms with Crippen molar-refractivity contribution in [2.24, 2.45) is 5.41 Å². The fourth-order valence-electron chi connectivity index (χ4n) is 4.99.